The van der Waals surface area contributed by atoms with Crippen LogP contribution in [0.25, 0.3) is 0 Å². The van der Waals surface area contributed by atoms with Gasteiger partial charge in [-0.25, -0.2) is 0 Å². The number of benzene rings is 1. The highest BCUT2D eigenvalue weighted by molar-refractivity contribution is 7.99. The van der Waals surface area contributed by atoms with Gasteiger partial charge >= 0.3 is 0 Å². The SMILES string of the molecule is O=C(CSCC1CCCCO1)N1CCNCC1c1cccc(Cl)c1. The Labute approximate surface area is 153 Å². The van der Waals surface area contributed by atoms with Crippen LogP contribution in [0, 0.1) is 0 Å². The van der Waals surface area contributed by atoms with Crippen molar-refractivity contribution in [2.75, 3.05) is 37.7 Å². The number of amides is 1. The zero-order valence-electron chi connectivity index (χ0n) is 13.9. The molecule has 2 unspecified atom stereocenters. The van der Waals surface area contributed by atoms with Gasteiger partial charge in [-0.3, -0.25) is 4.79 Å². The van der Waals surface area contributed by atoms with Gasteiger partial charge in [0.15, 0.2) is 0 Å². The largest absolute Gasteiger partial charge is 0.377 e. The number of carbonyl (C=O) groups excluding carboxylic acids is 1. The first-order chi connectivity index (χ1) is 11.7. The van der Waals surface area contributed by atoms with E-state index >= 15 is 0 Å². The summed E-state index contributed by atoms with van der Waals surface area (Å²) in [6.07, 6.45) is 3.86. The lowest BCUT2D eigenvalue weighted by Crippen LogP contribution is -2.49. The second-order valence-electron chi connectivity index (χ2n) is 6.37. The topological polar surface area (TPSA) is 41.6 Å². The monoisotopic (exact) mass is 368 g/mol. The Kier molecular flexibility index (Phi) is 6.84. The minimum atomic E-state index is 0.0662. The second kappa shape index (κ2) is 9.09. The van der Waals surface area contributed by atoms with Crippen molar-refractivity contribution in [3.05, 3.63) is 34.9 Å². The van der Waals surface area contributed by atoms with Gasteiger partial charge < -0.3 is 15.0 Å². The number of rotatable bonds is 5. The number of carbonyl (C=O) groups is 1. The lowest BCUT2D eigenvalue weighted by atomic mass is 10.0. The van der Waals surface area contributed by atoms with Crippen LogP contribution in [0.4, 0.5) is 0 Å². The molecule has 2 aliphatic heterocycles. The van der Waals surface area contributed by atoms with Crippen LogP contribution < -0.4 is 5.32 Å². The number of hydrogen-bond acceptors (Lipinski definition) is 4. The average molecular weight is 369 g/mol. The predicted octanol–water partition coefficient (Wildman–Crippen LogP) is 3.12. The molecule has 1 N–H and O–H groups in total. The van der Waals surface area contributed by atoms with Crippen molar-refractivity contribution in [1.29, 1.82) is 0 Å². The number of thioether (sulfide) groups is 1. The number of hydrogen-bond donors (Lipinski definition) is 1. The van der Waals surface area contributed by atoms with Crippen LogP contribution in [0.2, 0.25) is 5.02 Å². The Morgan fingerprint density at radius 3 is 3.12 bits per heavy atom. The maximum absolute atomic E-state index is 12.7. The summed E-state index contributed by atoms with van der Waals surface area (Å²) < 4.78 is 5.74. The highest BCUT2D eigenvalue weighted by atomic mass is 35.5. The lowest BCUT2D eigenvalue weighted by Gasteiger charge is -2.36. The van der Waals surface area contributed by atoms with Gasteiger partial charge in [0.05, 0.1) is 17.9 Å². The fourth-order valence-electron chi connectivity index (χ4n) is 3.31. The average Bonchev–Trinajstić information content (AvgIpc) is 2.62. The third-order valence-corrected chi connectivity index (χ3v) is 5.89. The molecule has 24 heavy (non-hydrogen) atoms. The molecule has 132 valence electrons. The molecule has 1 amide bonds. The van der Waals surface area contributed by atoms with Gasteiger partial charge in [-0.1, -0.05) is 23.7 Å². The standard InChI is InChI=1S/C18H25ClN2O2S/c19-15-5-3-4-14(10-15)17-11-20-7-8-21(17)18(22)13-24-12-16-6-1-2-9-23-16/h3-5,10,16-17,20H,1-2,6-9,11-13H2. The molecule has 1 aromatic rings. The molecule has 0 saturated carbocycles. The Morgan fingerprint density at radius 2 is 2.33 bits per heavy atom. The number of halogens is 1. The summed E-state index contributed by atoms with van der Waals surface area (Å²) in [4.78, 5) is 14.7. The minimum absolute atomic E-state index is 0.0662. The normalized spacial score (nSPS) is 24.8. The van der Waals surface area contributed by atoms with Crippen molar-refractivity contribution in [3.63, 3.8) is 0 Å². The lowest BCUT2D eigenvalue weighted by molar-refractivity contribution is -0.131. The zero-order chi connectivity index (χ0) is 16.8. The van der Waals surface area contributed by atoms with Gasteiger partial charge in [0.2, 0.25) is 5.91 Å². The summed E-state index contributed by atoms with van der Waals surface area (Å²) in [6.45, 7) is 3.24. The molecule has 1 aromatic carbocycles. The van der Waals surface area contributed by atoms with Crippen LogP contribution in [0.15, 0.2) is 24.3 Å². The first-order valence-electron chi connectivity index (χ1n) is 8.69. The van der Waals surface area contributed by atoms with Crippen LogP contribution in [0.3, 0.4) is 0 Å². The molecule has 0 aliphatic carbocycles. The van der Waals surface area contributed by atoms with Gasteiger partial charge in [0.25, 0.3) is 0 Å². The fourth-order valence-corrected chi connectivity index (χ4v) is 4.50. The van der Waals surface area contributed by atoms with E-state index in [4.69, 9.17) is 16.3 Å². The molecule has 0 spiro atoms. The highest BCUT2D eigenvalue weighted by Crippen LogP contribution is 2.26. The maximum Gasteiger partial charge on any atom is 0.233 e. The fraction of sp³-hybridized carbons (Fsp3) is 0.611. The summed E-state index contributed by atoms with van der Waals surface area (Å²) in [5, 5.41) is 4.10. The van der Waals surface area contributed by atoms with Gasteiger partial charge in [-0.2, -0.15) is 0 Å². The number of nitrogens with one attached hydrogen (secondary N) is 1. The van der Waals surface area contributed by atoms with E-state index < -0.39 is 0 Å². The van der Waals surface area contributed by atoms with Gasteiger partial charge in [0, 0.05) is 37.0 Å². The smallest absolute Gasteiger partial charge is 0.233 e. The summed E-state index contributed by atoms with van der Waals surface area (Å²) in [5.74, 6) is 1.65. The van der Waals surface area contributed by atoms with E-state index in [9.17, 15) is 4.79 Å². The van der Waals surface area contributed by atoms with Gasteiger partial charge in [0.1, 0.15) is 0 Å². The van der Waals surface area contributed by atoms with Crippen LogP contribution >= 0.6 is 23.4 Å². The van der Waals surface area contributed by atoms with E-state index in [1.54, 1.807) is 11.8 Å². The van der Waals surface area contributed by atoms with Crippen molar-refractivity contribution < 1.29 is 9.53 Å². The minimum Gasteiger partial charge on any atom is -0.377 e. The second-order valence-corrected chi connectivity index (χ2v) is 7.83. The van der Waals surface area contributed by atoms with E-state index in [-0.39, 0.29) is 11.9 Å². The maximum atomic E-state index is 12.7. The van der Waals surface area contributed by atoms with Gasteiger partial charge in [-0.15, -0.1) is 11.8 Å². The van der Waals surface area contributed by atoms with E-state index in [0.717, 1.165) is 44.0 Å². The first kappa shape index (κ1) is 18.1. The van der Waals surface area contributed by atoms with E-state index in [0.29, 0.717) is 16.9 Å². The molecule has 0 aromatic heterocycles. The number of piperazine rings is 1. The van der Waals surface area contributed by atoms with E-state index in [2.05, 4.69) is 5.32 Å². The van der Waals surface area contributed by atoms with E-state index in [1.165, 1.54) is 12.8 Å². The molecular weight excluding hydrogens is 344 g/mol. The molecule has 0 radical (unpaired) electrons. The molecule has 0 bridgehead atoms. The molecule has 2 aliphatic rings. The van der Waals surface area contributed by atoms with Crippen LogP contribution in [-0.4, -0.2) is 54.7 Å². The third-order valence-electron chi connectivity index (χ3n) is 4.60. The highest BCUT2D eigenvalue weighted by Gasteiger charge is 2.28. The van der Waals surface area contributed by atoms with Crippen LogP contribution in [0.1, 0.15) is 30.9 Å². The summed E-state index contributed by atoms with van der Waals surface area (Å²) in [6, 6.07) is 7.89. The van der Waals surface area contributed by atoms with Gasteiger partial charge in [-0.05, 0) is 37.0 Å². The molecular formula is C18H25ClN2O2S. The Bertz CT molecular complexity index is 552. The molecule has 2 saturated heterocycles. The third kappa shape index (κ3) is 4.88. The summed E-state index contributed by atoms with van der Waals surface area (Å²) in [7, 11) is 0. The molecule has 2 heterocycles. The molecule has 3 rings (SSSR count). The molecule has 4 nitrogen and oxygen atoms in total. The predicted molar refractivity (Wildman–Crippen MR) is 99.7 cm³/mol. The summed E-state index contributed by atoms with van der Waals surface area (Å²) in [5.41, 5.74) is 1.10. The first-order valence-corrected chi connectivity index (χ1v) is 10.2. The quantitative estimate of drug-likeness (QED) is 0.867. The van der Waals surface area contributed by atoms with Crippen molar-refractivity contribution in [3.8, 4) is 0 Å². The van der Waals surface area contributed by atoms with Crippen molar-refractivity contribution in [2.45, 2.75) is 31.4 Å². The zero-order valence-corrected chi connectivity index (χ0v) is 15.5. The Balaban J connectivity index is 1.55. The molecule has 6 heteroatoms. The number of ether oxygens (including phenoxy) is 1. The molecule has 2 atom stereocenters. The molecule has 2 fully saturated rings. The van der Waals surface area contributed by atoms with Crippen molar-refractivity contribution >= 4 is 29.3 Å². The Morgan fingerprint density at radius 1 is 1.42 bits per heavy atom. The van der Waals surface area contributed by atoms with Crippen LogP contribution in [-0.2, 0) is 9.53 Å². The van der Waals surface area contributed by atoms with Crippen LogP contribution in [0.5, 0.6) is 0 Å². The van der Waals surface area contributed by atoms with E-state index in [1.807, 2.05) is 29.2 Å². The Hall–Kier alpha value is -0.750. The summed E-state index contributed by atoms with van der Waals surface area (Å²) >= 11 is 7.82. The van der Waals surface area contributed by atoms with Crippen molar-refractivity contribution in [1.82, 2.24) is 10.2 Å². The number of nitrogens with zero attached hydrogens (tertiary/aromatic N) is 1. The van der Waals surface area contributed by atoms with Crippen molar-refractivity contribution in [2.24, 2.45) is 0 Å².